The van der Waals surface area contributed by atoms with Gasteiger partial charge in [0.25, 0.3) is 5.91 Å². The first-order valence-electron chi connectivity index (χ1n) is 7.93. The Labute approximate surface area is 133 Å². The van der Waals surface area contributed by atoms with Gasteiger partial charge in [0.2, 0.25) is 0 Å². The standard InChI is InChI=1S/C18H26N2O2/c1-4-5-9-19-10-6-11-20(13-12-19)18(21)17-8-7-16(22-3)14-15(17)2/h4-5,7-8,14H,6,9-13H2,1-3H3. The Bertz CT molecular complexity index is 540. The predicted octanol–water partition coefficient (Wildman–Crippen LogP) is 2.73. The van der Waals surface area contributed by atoms with Crippen LogP contribution in [0.4, 0.5) is 0 Å². The number of carbonyl (C=O) groups is 1. The van der Waals surface area contributed by atoms with E-state index in [1.54, 1.807) is 7.11 Å². The fourth-order valence-corrected chi connectivity index (χ4v) is 2.78. The first-order chi connectivity index (χ1) is 10.7. The maximum atomic E-state index is 12.7. The molecule has 4 nitrogen and oxygen atoms in total. The van der Waals surface area contributed by atoms with Crippen LogP contribution in [0.2, 0.25) is 0 Å². The monoisotopic (exact) mass is 302 g/mol. The molecule has 1 amide bonds. The second-order valence-corrected chi connectivity index (χ2v) is 5.70. The molecule has 1 aliphatic rings. The molecule has 0 spiro atoms. The molecule has 0 saturated carbocycles. The van der Waals surface area contributed by atoms with Crippen molar-refractivity contribution in [2.45, 2.75) is 20.3 Å². The van der Waals surface area contributed by atoms with E-state index in [2.05, 4.69) is 17.1 Å². The van der Waals surface area contributed by atoms with Gasteiger partial charge in [0.05, 0.1) is 7.11 Å². The fourth-order valence-electron chi connectivity index (χ4n) is 2.78. The van der Waals surface area contributed by atoms with Crippen LogP contribution in [0, 0.1) is 6.92 Å². The second kappa shape index (κ2) is 7.99. The number of hydrogen-bond donors (Lipinski definition) is 0. The number of ether oxygens (including phenoxy) is 1. The zero-order chi connectivity index (χ0) is 15.9. The normalized spacial score (nSPS) is 16.8. The number of nitrogens with zero attached hydrogens (tertiary/aromatic N) is 2. The van der Waals surface area contributed by atoms with Crippen molar-refractivity contribution in [2.24, 2.45) is 0 Å². The van der Waals surface area contributed by atoms with E-state index in [4.69, 9.17) is 4.74 Å². The van der Waals surface area contributed by atoms with Crippen LogP contribution in [-0.2, 0) is 0 Å². The molecule has 1 fully saturated rings. The highest BCUT2D eigenvalue weighted by molar-refractivity contribution is 5.95. The van der Waals surface area contributed by atoms with Crippen molar-refractivity contribution in [3.05, 3.63) is 41.5 Å². The van der Waals surface area contributed by atoms with Gasteiger partial charge in [-0.1, -0.05) is 12.2 Å². The van der Waals surface area contributed by atoms with Crippen molar-refractivity contribution < 1.29 is 9.53 Å². The van der Waals surface area contributed by atoms with E-state index >= 15 is 0 Å². The van der Waals surface area contributed by atoms with Gasteiger partial charge >= 0.3 is 0 Å². The van der Waals surface area contributed by atoms with E-state index in [1.807, 2.05) is 36.9 Å². The molecule has 4 heteroatoms. The zero-order valence-electron chi connectivity index (χ0n) is 13.8. The van der Waals surface area contributed by atoms with E-state index in [0.29, 0.717) is 0 Å². The molecule has 0 radical (unpaired) electrons. The van der Waals surface area contributed by atoms with Crippen LogP contribution in [0.15, 0.2) is 30.4 Å². The minimum atomic E-state index is 0.132. The maximum Gasteiger partial charge on any atom is 0.254 e. The number of hydrogen-bond acceptors (Lipinski definition) is 3. The lowest BCUT2D eigenvalue weighted by molar-refractivity contribution is 0.0761. The van der Waals surface area contributed by atoms with Crippen molar-refractivity contribution in [2.75, 3.05) is 39.8 Å². The Morgan fingerprint density at radius 1 is 1.27 bits per heavy atom. The van der Waals surface area contributed by atoms with E-state index in [9.17, 15) is 4.79 Å². The van der Waals surface area contributed by atoms with Gasteiger partial charge in [-0.25, -0.2) is 0 Å². The summed E-state index contributed by atoms with van der Waals surface area (Å²) in [5, 5.41) is 0. The molecule has 0 bridgehead atoms. The van der Waals surface area contributed by atoms with Crippen LogP contribution >= 0.6 is 0 Å². The van der Waals surface area contributed by atoms with E-state index in [-0.39, 0.29) is 5.91 Å². The lowest BCUT2D eigenvalue weighted by Crippen LogP contribution is -2.35. The van der Waals surface area contributed by atoms with Crippen molar-refractivity contribution in [3.63, 3.8) is 0 Å². The molecule has 0 atom stereocenters. The highest BCUT2D eigenvalue weighted by Crippen LogP contribution is 2.19. The zero-order valence-corrected chi connectivity index (χ0v) is 13.8. The number of allylic oxidation sites excluding steroid dienone is 1. The topological polar surface area (TPSA) is 32.8 Å². The first-order valence-corrected chi connectivity index (χ1v) is 7.93. The smallest absolute Gasteiger partial charge is 0.254 e. The van der Waals surface area contributed by atoms with Gasteiger partial charge in [0.1, 0.15) is 5.75 Å². The molecular formula is C18H26N2O2. The van der Waals surface area contributed by atoms with E-state index in [1.165, 1.54) is 0 Å². The lowest BCUT2D eigenvalue weighted by Gasteiger charge is -2.22. The molecule has 1 aromatic carbocycles. The van der Waals surface area contributed by atoms with Gasteiger partial charge in [-0.05, 0) is 44.0 Å². The molecule has 1 aromatic rings. The number of aryl methyl sites for hydroxylation is 1. The third-order valence-electron chi connectivity index (χ3n) is 4.14. The van der Waals surface area contributed by atoms with Crippen molar-refractivity contribution in [1.82, 2.24) is 9.80 Å². The molecular weight excluding hydrogens is 276 g/mol. The van der Waals surface area contributed by atoms with Gasteiger partial charge in [-0.15, -0.1) is 0 Å². The molecule has 0 N–H and O–H groups in total. The number of benzene rings is 1. The van der Waals surface area contributed by atoms with Crippen LogP contribution in [0.1, 0.15) is 29.3 Å². The van der Waals surface area contributed by atoms with Crippen molar-refractivity contribution in [3.8, 4) is 5.75 Å². The lowest BCUT2D eigenvalue weighted by atomic mass is 10.1. The minimum Gasteiger partial charge on any atom is -0.497 e. The second-order valence-electron chi connectivity index (χ2n) is 5.70. The summed E-state index contributed by atoms with van der Waals surface area (Å²) in [6, 6.07) is 5.65. The third kappa shape index (κ3) is 4.10. The Morgan fingerprint density at radius 2 is 2.09 bits per heavy atom. The first kappa shape index (κ1) is 16.6. The van der Waals surface area contributed by atoms with Crippen LogP contribution in [0.25, 0.3) is 0 Å². The summed E-state index contributed by atoms with van der Waals surface area (Å²) in [4.78, 5) is 17.1. The highest BCUT2D eigenvalue weighted by Gasteiger charge is 2.21. The third-order valence-corrected chi connectivity index (χ3v) is 4.14. The molecule has 22 heavy (non-hydrogen) atoms. The van der Waals surface area contributed by atoms with Gasteiger partial charge < -0.3 is 9.64 Å². The Morgan fingerprint density at radius 3 is 2.77 bits per heavy atom. The predicted molar refractivity (Wildman–Crippen MR) is 89.5 cm³/mol. The van der Waals surface area contributed by atoms with Gasteiger partial charge in [-0.2, -0.15) is 0 Å². The molecule has 1 heterocycles. The van der Waals surface area contributed by atoms with Gasteiger partial charge in [0.15, 0.2) is 0 Å². The number of methoxy groups -OCH3 is 1. The van der Waals surface area contributed by atoms with Crippen molar-refractivity contribution >= 4 is 5.91 Å². The average Bonchev–Trinajstić information content (AvgIpc) is 2.77. The average molecular weight is 302 g/mol. The Balaban J connectivity index is 2.03. The summed E-state index contributed by atoms with van der Waals surface area (Å²) < 4.78 is 5.21. The summed E-state index contributed by atoms with van der Waals surface area (Å²) in [5.74, 6) is 0.926. The largest absolute Gasteiger partial charge is 0.497 e. The Kier molecular flexibility index (Phi) is 6.01. The van der Waals surface area contributed by atoms with Crippen LogP contribution < -0.4 is 4.74 Å². The van der Waals surface area contributed by atoms with Crippen molar-refractivity contribution in [1.29, 1.82) is 0 Å². The summed E-state index contributed by atoms with van der Waals surface area (Å²) in [6.45, 7) is 8.59. The quantitative estimate of drug-likeness (QED) is 0.802. The molecule has 1 aliphatic heterocycles. The minimum absolute atomic E-state index is 0.132. The Hall–Kier alpha value is -1.81. The highest BCUT2D eigenvalue weighted by atomic mass is 16.5. The summed E-state index contributed by atoms with van der Waals surface area (Å²) in [6.07, 6.45) is 5.28. The molecule has 0 unspecified atom stereocenters. The van der Waals surface area contributed by atoms with Gasteiger partial charge in [-0.3, -0.25) is 9.69 Å². The molecule has 1 saturated heterocycles. The van der Waals surface area contributed by atoms with E-state index < -0.39 is 0 Å². The number of amides is 1. The molecule has 0 aromatic heterocycles. The number of carbonyl (C=O) groups excluding carboxylic acids is 1. The van der Waals surface area contributed by atoms with Crippen LogP contribution in [0.5, 0.6) is 5.75 Å². The molecule has 2 rings (SSSR count). The molecule has 120 valence electrons. The summed E-state index contributed by atoms with van der Waals surface area (Å²) in [5.41, 5.74) is 1.75. The fraction of sp³-hybridized carbons (Fsp3) is 0.500. The maximum absolute atomic E-state index is 12.7. The van der Waals surface area contributed by atoms with Crippen LogP contribution in [-0.4, -0.2) is 55.5 Å². The SMILES string of the molecule is CC=CCN1CCCN(C(=O)c2ccc(OC)cc2C)CC1. The van der Waals surface area contributed by atoms with Gasteiger partial charge in [0, 0.05) is 38.3 Å². The summed E-state index contributed by atoms with van der Waals surface area (Å²) >= 11 is 0. The summed E-state index contributed by atoms with van der Waals surface area (Å²) in [7, 11) is 1.64. The van der Waals surface area contributed by atoms with Crippen LogP contribution in [0.3, 0.4) is 0 Å². The molecule has 0 aliphatic carbocycles. The number of rotatable bonds is 4. The van der Waals surface area contributed by atoms with E-state index in [0.717, 1.165) is 56.0 Å².